The molecule has 0 aliphatic heterocycles. The van der Waals surface area contributed by atoms with Crippen LogP contribution in [0, 0.1) is 0 Å². The van der Waals surface area contributed by atoms with Crippen LogP contribution in [-0.4, -0.2) is 82.3 Å². The number of hydrogen-bond donors (Lipinski definition) is 0. The molecule has 9 heteroatoms. The predicted octanol–water partition coefficient (Wildman–Crippen LogP) is 23.6. The van der Waals surface area contributed by atoms with Gasteiger partial charge >= 0.3 is 11.9 Å². The molecule has 0 N–H and O–H groups in total. The van der Waals surface area contributed by atoms with Crippen LogP contribution in [0.15, 0.2) is 24.3 Å². The molecule has 0 radical (unpaired) electrons. The van der Waals surface area contributed by atoms with Gasteiger partial charge in [0.2, 0.25) is 0 Å². The van der Waals surface area contributed by atoms with Crippen molar-refractivity contribution in [1.82, 2.24) is 0 Å². The Hall–Kier alpha value is -2.23. The number of aliphatic carboxylic acids is 1. The molecule has 9 nitrogen and oxygen atoms in total. The minimum atomic E-state index is -1.62. The van der Waals surface area contributed by atoms with E-state index in [0.29, 0.717) is 17.4 Å². The molecule has 0 aliphatic rings. The smallest absolute Gasteiger partial charge is 0.306 e. The Morgan fingerprint density at radius 3 is 0.888 bits per heavy atom. The summed E-state index contributed by atoms with van der Waals surface area (Å²) in [6.45, 7) is 4.82. The number of esters is 2. The van der Waals surface area contributed by atoms with E-state index in [9.17, 15) is 19.5 Å². The first-order chi connectivity index (χ1) is 43.6. The zero-order valence-electron chi connectivity index (χ0n) is 60.3. The van der Waals surface area contributed by atoms with E-state index in [1.807, 2.05) is 21.1 Å². The Morgan fingerprint density at radius 2 is 0.607 bits per heavy atom. The fraction of sp³-hybridized carbons (Fsp3) is 0.912. The van der Waals surface area contributed by atoms with Crippen molar-refractivity contribution in [3.05, 3.63) is 24.3 Å². The lowest BCUT2D eigenvalue weighted by atomic mass is 10.0. The second-order valence-electron chi connectivity index (χ2n) is 28.4. The van der Waals surface area contributed by atoms with E-state index in [1.165, 1.54) is 340 Å². The van der Waals surface area contributed by atoms with Crippen LogP contribution in [0.5, 0.6) is 0 Å². The van der Waals surface area contributed by atoms with Crippen molar-refractivity contribution in [3.8, 4) is 0 Å². The number of hydrogen-bond acceptors (Lipinski definition) is 8. The van der Waals surface area contributed by atoms with Gasteiger partial charge < -0.3 is 33.3 Å². The average molecular weight is 1260 g/mol. The summed E-state index contributed by atoms with van der Waals surface area (Å²) >= 11 is 0. The summed E-state index contributed by atoms with van der Waals surface area (Å²) in [5.41, 5.74) is 0. The predicted molar refractivity (Wildman–Crippen MR) is 380 cm³/mol. The van der Waals surface area contributed by atoms with Crippen molar-refractivity contribution in [1.29, 1.82) is 0 Å². The van der Waals surface area contributed by atoms with Gasteiger partial charge in [-0.05, 0) is 44.9 Å². The van der Waals surface area contributed by atoms with Crippen molar-refractivity contribution in [3.63, 3.8) is 0 Å². The summed E-state index contributed by atoms with van der Waals surface area (Å²) in [6.07, 6.45) is 87.4. The molecule has 0 aromatic rings. The molecule has 0 heterocycles. The van der Waals surface area contributed by atoms with Crippen LogP contribution in [0.25, 0.3) is 0 Å². The number of rotatable bonds is 75. The molecule has 0 aliphatic carbocycles. The van der Waals surface area contributed by atoms with Crippen LogP contribution in [0.4, 0.5) is 0 Å². The zero-order valence-corrected chi connectivity index (χ0v) is 60.3. The van der Waals surface area contributed by atoms with Crippen molar-refractivity contribution < 1.29 is 42.9 Å². The van der Waals surface area contributed by atoms with E-state index in [4.69, 9.17) is 18.9 Å². The number of carboxylic acids is 1. The van der Waals surface area contributed by atoms with E-state index in [1.54, 1.807) is 0 Å². The molecule has 0 saturated carbocycles. The highest BCUT2D eigenvalue weighted by Crippen LogP contribution is 2.20. The van der Waals surface area contributed by atoms with E-state index < -0.39 is 24.3 Å². The largest absolute Gasteiger partial charge is 0.545 e. The number of quaternary nitrogens is 1. The van der Waals surface area contributed by atoms with Crippen LogP contribution < -0.4 is 5.11 Å². The van der Waals surface area contributed by atoms with Gasteiger partial charge in [0.1, 0.15) is 13.2 Å². The summed E-state index contributed by atoms with van der Waals surface area (Å²) in [5.74, 6) is -2.25. The highest BCUT2D eigenvalue weighted by molar-refractivity contribution is 5.70. The average Bonchev–Trinajstić information content (AvgIpc) is 3.64. The molecule has 0 spiro atoms. The van der Waals surface area contributed by atoms with Gasteiger partial charge in [-0.25, -0.2) is 0 Å². The Kier molecular flexibility index (Phi) is 69.8. The Labute approximate surface area is 554 Å². The molecule has 0 saturated heterocycles. The topological polar surface area (TPSA) is 111 Å². The van der Waals surface area contributed by atoms with Crippen LogP contribution >= 0.6 is 0 Å². The maximum absolute atomic E-state index is 13.0. The second kappa shape index (κ2) is 71.6. The van der Waals surface area contributed by atoms with Crippen molar-refractivity contribution in [2.75, 3.05) is 47.5 Å². The third-order valence-corrected chi connectivity index (χ3v) is 18.2. The normalized spacial score (nSPS) is 12.7. The van der Waals surface area contributed by atoms with Crippen LogP contribution in [-0.2, 0) is 33.3 Å². The van der Waals surface area contributed by atoms with Gasteiger partial charge in [-0.3, -0.25) is 9.59 Å². The summed E-state index contributed by atoms with van der Waals surface area (Å²) in [6, 6.07) is 0. The fourth-order valence-electron chi connectivity index (χ4n) is 12.2. The Balaban J connectivity index is 3.95. The van der Waals surface area contributed by atoms with Crippen LogP contribution in [0.3, 0.4) is 0 Å². The molecule has 0 amide bonds. The van der Waals surface area contributed by atoms with E-state index >= 15 is 0 Å². The molecular formula is C80H153NO8. The van der Waals surface area contributed by atoms with Gasteiger partial charge in [0.05, 0.1) is 40.3 Å². The number of ether oxygens (including phenoxy) is 4. The van der Waals surface area contributed by atoms with E-state index in [-0.39, 0.29) is 32.2 Å². The summed E-state index contributed by atoms with van der Waals surface area (Å²) in [7, 11) is 5.95. The monoisotopic (exact) mass is 1260 g/mol. The molecule has 89 heavy (non-hydrogen) atoms. The summed E-state index contributed by atoms with van der Waals surface area (Å²) in [4.78, 5) is 37.6. The van der Waals surface area contributed by atoms with Gasteiger partial charge in [0.25, 0.3) is 0 Å². The Morgan fingerprint density at radius 1 is 0.337 bits per heavy atom. The van der Waals surface area contributed by atoms with Gasteiger partial charge in [0.15, 0.2) is 12.4 Å². The summed E-state index contributed by atoms with van der Waals surface area (Å²) < 4.78 is 22.9. The number of carboxylic acid groups (broad SMARTS) is 1. The quantitative estimate of drug-likeness (QED) is 0.0195. The minimum Gasteiger partial charge on any atom is -0.545 e. The molecule has 0 rings (SSSR count). The van der Waals surface area contributed by atoms with Crippen LogP contribution in [0.1, 0.15) is 412 Å². The van der Waals surface area contributed by atoms with Gasteiger partial charge in [0, 0.05) is 12.8 Å². The zero-order chi connectivity index (χ0) is 64.7. The van der Waals surface area contributed by atoms with E-state index in [2.05, 4.69) is 38.2 Å². The third-order valence-electron chi connectivity index (χ3n) is 18.2. The first-order valence-corrected chi connectivity index (χ1v) is 39.5. The Bertz CT molecular complexity index is 1510. The standard InChI is InChI=1S/C80H153NO8/c1-6-8-10-12-14-16-18-20-22-24-26-28-30-32-34-35-36-37-38-39-40-41-42-43-45-46-48-50-52-54-56-58-60-62-64-66-68-70-77(82)87-74-76(75-88-80(79(84)85)86-73-72-81(3,4)5)89-78(83)71-69-67-65-63-61-59-57-55-53-51-49-47-44-33-31-29-27-25-23-21-19-17-15-13-11-9-7-2/h19,21,25,27,76,80H,6-18,20,22-24,26,28-75H2,1-5H3/b21-19-,27-25-. The summed E-state index contributed by atoms with van der Waals surface area (Å²) in [5, 5.41) is 11.8. The lowest BCUT2D eigenvalue weighted by Gasteiger charge is -2.26. The highest BCUT2D eigenvalue weighted by atomic mass is 16.7. The van der Waals surface area contributed by atoms with E-state index in [0.717, 1.165) is 44.9 Å². The number of unbranched alkanes of at least 4 members (excludes halogenated alkanes) is 56. The lowest BCUT2D eigenvalue weighted by molar-refractivity contribution is -0.870. The fourth-order valence-corrected chi connectivity index (χ4v) is 12.2. The second-order valence-corrected chi connectivity index (χ2v) is 28.4. The molecular weight excluding hydrogens is 1100 g/mol. The molecule has 0 bridgehead atoms. The first kappa shape index (κ1) is 86.8. The van der Waals surface area contributed by atoms with Gasteiger partial charge in [-0.15, -0.1) is 0 Å². The number of likely N-dealkylation sites (N-methyl/N-ethyl adjacent to an activating group) is 1. The van der Waals surface area contributed by atoms with Gasteiger partial charge in [-0.1, -0.05) is 378 Å². The SMILES string of the molecule is CCCCCCC/C=C\C/C=C\CCCCCCCCCCCCCCCCCC(=O)OC(COC(=O)CCCCCCCCCCCCCCCCCCCCCCCCCCCCCCCCCCCCCCC)COC(OCC[N+](C)(C)C)C(=O)[O-]. The maximum Gasteiger partial charge on any atom is 0.306 e. The molecule has 2 unspecified atom stereocenters. The van der Waals surface area contributed by atoms with Crippen molar-refractivity contribution in [2.45, 2.75) is 424 Å². The molecule has 526 valence electrons. The van der Waals surface area contributed by atoms with Crippen molar-refractivity contribution in [2.24, 2.45) is 0 Å². The first-order valence-electron chi connectivity index (χ1n) is 39.5. The lowest BCUT2D eigenvalue weighted by Crippen LogP contribution is -2.44. The number of carbonyl (C=O) groups is 3. The van der Waals surface area contributed by atoms with Gasteiger partial charge in [-0.2, -0.15) is 0 Å². The minimum absolute atomic E-state index is 0.151. The van der Waals surface area contributed by atoms with Crippen molar-refractivity contribution >= 4 is 17.9 Å². The molecule has 0 fully saturated rings. The molecule has 0 aromatic carbocycles. The third kappa shape index (κ3) is 73.1. The van der Waals surface area contributed by atoms with Crippen LogP contribution in [0.2, 0.25) is 0 Å². The molecule has 2 atom stereocenters. The number of nitrogens with zero attached hydrogens (tertiary/aromatic N) is 1. The number of carbonyl (C=O) groups excluding carboxylic acids is 3. The number of allylic oxidation sites excluding steroid dienone is 4. The maximum atomic E-state index is 13.0. The highest BCUT2D eigenvalue weighted by Gasteiger charge is 2.22. The molecule has 0 aromatic heterocycles.